The van der Waals surface area contributed by atoms with E-state index in [1.54, 1.807) is 14.0 Å². The SMILES string of the molecule is CCOC(=O)Cn1c(=O)c2c(nc3n2CCN3c2ccc(C)c(C)c2)n(C)c1=O. The number of imidazole rings is 1. The number of carbonyl (C=O) groups excluding carboxylic acids is 1. The molecule has 0 atom stereocenters. The summed E-state index contributed by atoms with van der Waals surface area (Å²) in [7, 11) is 1.55. The molecule has 0 N–H and O–H groups in total. The first kappa shape index (κ1) is 19.0. The number of hydrogen-bond acceptors (Lipinski definition) is 6. The number of aromatic nitrogens is 4. The van der Waals surface area contributed by atoms with Gasteiger partial charge in [0.2, 0.25) is 5.95 Å². The van der Waals surface area contributed by atoms with Crippen LogP contribution in [0.1, 0.15) is 18.1 Å². The largest absolute Gasteiger partial charge is 0.465 e. The van der Waals surface area contributed by atoms with Crippen LogP contribution in [0.25, 0.3) is 11.2 Å². The summed E-state index contributed by atoms with van der Waals surface area (Å²) in [5, 5.41) is 0. The highest BCUT2D eigenvalue weighted by atomic mass is 16.5. The molecule has 0 bridgehead atoms. The van der Waals surface area contributed by atoms with Crippen LogP contribution < -0.4 is 16.1 Å². The third kappa shape index (κ3) is 2.93. The van der Waals surface area contributed by atoms with Gasteiger partial charge in [-0.15, -0.1) is 0 Å². The average molecular weight is 397 g/mol. The molecule has 1 aromatic carbocycles. The molecule has 9 heteroatoms. The van der Waals surface area contributed by atoms with Crippen LogP contribution in [0.15, 0.2) is 27.8 Å². The molecule has 0 unspecified atom stereocenters. The molecule has 1 aliphatic heterocycles. The number of esters is 1. The topological polar surface area (TPSA) is 91.4 Å². The van der Waals surface area contributed by atoms with Gasteiger partial charge in [0.1, 0.15) is 6.54 Å². The maximum atomic E-state index is 13.1. The quantitative estimate of drug-likeness (QED) is 0.615. The van der Waals surface area contributed by atoms with Crippen molar-refractivity contribution in [3.05, 3.63) is 50.2 Å². The van der Waals surface area contributed by atoms with Gasteiger partial charge in [0.05, 0.1) is 6.61 Å². The van der Waals surface area contributed by atoms with Crippen molar-refractivity contribution in [2.75, 3.05) is 18.1 Å². The van der Waals surface area contributed by atoms with E-state index in [9.17, 15) is 14.4 Å². The summed E-state index contributed by atoms with van der Waals surface area (Å²) in [4.78, 5) is 44.2. The van der Waals surface area contributed by atoms with E-state index in [-0.39, 0.29) is 6.61 Å². The van der Waals surface area contributed by atoms with E-state index in [0.717, 1.165) is 10.3 Å². The maximum Gasteiger partial charge on any atom is 0.333 e. The Morgan fingerprint density at radius 2 is 1.93 bits per heavy atom. The lowest BCUT2D eigenvalue weighted by atomic mass is 10.1. The Labute approximate surface area is 166 Å². The molecule has 4 rings (SSSR count). The van der Waals surface area contributed by atoms with Crippen molar-refractivity contribution < 1.29 is 9.53 Å². The van der Waals surface area contributed by atoms with E-state index >= 15 is 0 Å². The predicted molar refractivity (Wildman–Crippen MR) is 109 cm³/mol. The van der Waals surface area contributed by atoms with E-state index in [1.165, 1.54) is 15.7 Å². The fourth-order valence-corrected chi connectivity index (χ4v) is 3.69. The van der Waals surface area contributed by atoms with E-state index in [4.69, 9.17) is 4.74 Å². The number of anilines is 2. The zero-order valence-electron chi connectivity index (χ0n) is 16.9. The molecule has 0 amide bonds. The zero-order valence-corrected chi connectivity index (χ0v) is 16.9. The number of fused-ring (bicyclic) bond motifs is 3. The third-order valence-corrected chi connectivity index (χ3v) is 5.40. The number of benzene rings is 1. The minimum Gasteiger partial charge on any atom is -0.465 e. The lowest BCUT2D eigenvalue weighted by molar-refractivity contribution is -0.143. The smallest absolute Gasteiger partial charge is 0.333 e. The molecule has 0 fully saturated rings. The van der Waals surface area contributed by atoms with Gasteiger partial charge in [0.15, 0.2) is 11.2 Å². The van der Waals surface area contributed by atoms with Crippen LogP contribution in [0, 0.1) is 13.8 Å². The van der Waals surface area contributed by atoms with Crippen LogP contribution >= 0.6 is 0 Å². The number of nitrogens with zero attached hydrogens (tertiary/aromatic N) is 5. The number of rotatable bonds is 4. The first-order valence-electron chi connectivity index (χ1n) is 9.54. The Morgan fingerprint density at radius 1 is 1.17 bits per heavy atom. The Kier molecular flexibility index (Phi) is 4.52. The summed E-state index contributed by atoms with van der Waals surface area (Å²) in [5.41, 5.74) is 2.86. The van der Waals surface area contributed by atoms with Gasteiger partial charge in [-0.05, 0) is 44.0 Å². The van der Waals surface area contributed by atoms with Crippen LogP contribution in [0.2, 0.25) is 0 Å². The fraction of sp³-hybridized carbons (Fsp3) is 0.400. The lowest BCUT2D eigenvalue weighted by Crippen LogP contribution is -2.41. The molecular weight excluding hydrogens is 374 g/mol. The van der Waals surface area contributed by atoms with Gasteiger partial charge in [-0.1, -0.05) is 6.07 Å². The fourth-order valence-electron chi connectivity index (χ4n) is 3.69. The van der Waals surface area contributed by atoms with E-state index < -0.39 is 23.8 Å². The molecule has 9 nitrogen and oxygen atoms in total. The molecule has 1 aliphatic rings. The summed E-state index contributed by atoms with van der Waals surface area (Å²) >= 11 is 0. The molecule has 0 saturated heterocycles. The van der Waals surface area contributed by atoms with Crippen LogP contribution in [-0.4, -0.2) is 37.8 Å². The Bertz CT molecular complexity index is 1250. The lowest BCUT2D eigenvalue weighted by Gasteiger charge is -2.17. The van der Waals surface area contributed by atoms with Crippen LogP contribution in [-0.2, 0) is 29.7 Å². The standard InChI is InChI=1S/C20H23N5O4/c1-5-29-15(26)11-25-18(27)16-17(22(4)20(25)28)21-19-23(8-9-24(16)19)14-7-6-12(2)13(3)10-14/h6-7,10H,5,8-9,11H2,1-4H3. The molecule has 152 valence electrons. The number of carbonyl (C=O) groups is 1. The average Bonchev–Trinajstić information content (AvgIpc) is 3.25. The highest BCUT2D eigenvalue weighted by Gasteiger charge is 2.29. The molecule has 0 aliphatic carbocycles. The summed E-state index contributed by atoms with van der Waals surface area (Å²) in [6.45, 7) is 6.77. The van der Waals surface area contributed by atoms with Gasteiger partial charge in [0.25, 0.3) is 5.56 Å². The summed E-state index contributed by atoms with van der Waals surface area (Å²) < 4.78 is 8.93. The van der Waals surface area contributed by atoms with Gasteiger partial charge in [-0.25, -0.2) is 9.36 Å². The highest BCUT2D eigenvalue weighted by Crippen LogP contribution is 2.32. The molecular formula is C20H23N5O4. The van der Waals surface area contributed by atoms with Gasteiger partial charge in [-0.2, -0.15) is 4.98 Å². The van der Waals surface area contributed by atoms with Gasteiger partial charge >= 0.3 is 11.7 Å². The first-order valence-corrected chi connectivity index (χ1v) is 9.54. The molecule has 0 spiro atoms. The number of aryl methyl sites for hydroxylation is 3. The van der Waals surface area contributed by atoms with Crippen molar-refractivity contribution in [2.45, 2.75) is 33.9 Å². The third-order valence-electron chi connectivity index (χ3n) is 5.40. The van der Waals surface area contributed by atoms with E-state index in [2.05, 4.69) is 31.0 Å². The summed E-state index contributed by atoms with van der Waals surface area (Å²) in [6, 6.07) is 6.16. The number of hydrogen-bond donors (Lipinski definition) is 0. The second kappa shape index (κ2) is 6.91. The van der Waals surface area contributed by atoms with Crippen molar-refractivity contribution >= 4 is 28.8 Å². The van der Waals surface area contributed by atoms with Gasteiger partial charge in [0, 0.05) is 25.8 Å². The monoisotopic (exact) mass is 397 g/mol. The maximum absolute atomic E-state index is 13.1. The van der Waals surface area contributed by atoms with Crippen molar-refractivity contribution in [3.8, 4) is 0 Å². The summed E-state index contributed by atoms with van der Waals surface area (Å²) in [5.74, 6) is -0.00629. The normalized spacial score (nSPS) is 13.2. The van der Waals surface area contributed by atoms with Crippen molar-refractivity contribution in [1.82, 2.24) is 18.7 Å². The van der Waals surface area contributed by atoms with Crippen LogP contribution in [0.5, 0.6) is 0 Å². The Morgan fingerprint density at radius 3 is 2.62 bits per heavy atom. The second-order valence-corrected chi connectivity index (χ2v) is 7.19. The molecule has 0 radical (unpaired) electrons. The minimum absolute atomic E-state index is 0.184. The van der Waals surface area contributed by atoms with Crippen LogP contribution in [0.4, 0.5) is 11.6 Å². The molecule has 3 aromatic rings. The van der Waals surface area contributed by atoms with Gasteiger partial charge in [-0.3, -0.25) is 14.2 Å². The highest BCUT2D eigenvalue weighted by molar-refractivity contribution is 5.78. The Hall–Kier alpha value is -3.36. The molecule has 29 heavy (non-hydrogen) atoms. The number of ether oxygens (including phenoxy) is 1. The minimum atomic E-state index is -0.621. The van der Waals surface area contributed by atoms with Crippen molar-refractivity contribution in [1.29, 1.82) is 0 Å². The Balaban J connectivity index is 1.87. The van der Waals surface area contributed by atoms with Crippen molar-refractivity contribution in [2.24, 2.45) is 7.05 Å². The zero-order chi connectivity index (χ0) is 20.9. The molecule has 3 heterocycles. The first-order chi connectivity index (χ1) is 13.8. The molecule has 2 aromatic heterocycles. The second-order valence-electron chi connectivity index (χ2n) is 7.19. The van der Waals surface area contributed by atoms with Crippen molar-refractivity contribution in [3.63, 3.8) is 0 Å². The van der Waals surface area contributed by atoms with Crippen LogP contribution in [0.3, 0.4) is 0 Å². The molecule has 0 saturated carbocycles. The van der Waals surface area contributed by atoms with E-state index in [0.29, 0.717) is 30.2 Å². The predicted octanol–water partition coefficient (Wildman–Crippen LogP) is 1.23. The van der Waals surface area contributed by atoms with E-state index in [1.807, 2.05) is 15.5 Å². The summed E-state index contributed by atoms with van der Waals surface area (Å²) in [6.07, 6.45) is 0. The van der Waals surface area contributed by atoms with Gasteiger partial charge < -0.3 is 14.2 Å².